The van der Waals surface area contributed by atoms with Crippen molar-refractivity contribution < 1.29 is 4.74 Å². The SMILES string of the molecule is COCCN(C)CCN. The summed E-state index contributed by atoms with van der Waals surface area (Å²) in [5.74, 6) is 0. The molecule has 3 nitrogen and oxygen atoms in total. The number of hydrogen-bond donors (Lipinski definition) is 1. The second-order valence-electron chi connectivity index (χ2n) is 2.08. The normalized spacial score (nSPS) is 10.7. The van der Waals surface area contributed by atoms with E-state index < -0.39 is 0 Å². The van der Waals surface area contributed by atoms with E-state index in [4.69, 9.17) is 10.5 Å². The van der Waals surface area contributed by atoms with Crippen molar-refractivity contribution >= 4 is 0 Å². The van der Waals surface area contributed by atoms with E-state index in [2.05, 4.69) is 4.90 Å². The molecule has 0 fully saturated rings. The summed E-state index contributed by atoms with van der Waals surface area (Å²) in [5, 5.41) is 0. The van der Waals surface area contributed by atoms with Gasteiger partial charge in [-0.25, -0.2) is 0 Å². The number of ether oxygens (including phenoxy) is 1. The monoisotopic (exact) mass is 132 g/mol. The fourth-order valence-electron chi connectivity index (χ4n) is 0.579. The molecule has 0 saturated heterocycles. The van der Waals surface area contributed by atoms with Crippen LogP contribution >= 0.6 is 0 Å². The summed E-state index contributed by atoms with van der Waals surface area (Å²) in [6, 6.07) is 0. The van der Waals surface area contributed by atoms with Crippen molar-refractivity contribution in [3.8, 4) is 0 Å². The number of likely N-dealkylation sites (N-methyl/N-ethyl adjacent to an activating group) is 1. The maximum Gasteiger partial charge on any atom is 0.0589 e. The standard InChI is InChI=1S/C6H16N2O/c1-8(4-3-7)5-6-9-2/h3-7H2,1-2H3. The van der Waals surface area contributed by atoms with E-state index in [0.29, 0.717) is 0 Å². The Kier molecular flexibility index (Phi) is 5.93. The van der Waals surface area contributed by atoms with Crippen molar-refractivity contribution in [3.05, 3.63) is 0 Å². The first kappa shape index (κ1) is 8.88. The summed E-state index contributed by atoms with van der Waals surface area (Å²) in [6.45, 7) is 3.42. The second-order valence-corrected chi connectivity index (χ2v) is 2.08. The van der Waals surface area contributed by atoms with Gasteiger partial charge in [0.2, 0.25) is 0 Å². The van der Waals surface area contributed by atoms with E-state index in [1.165, 1.54) is 0 Å². The van der Waals surface area contributed by atoms with Gasteiger partial charge in [0.15, 0.2) is 0 Å². The predicted molar refractivity (Wildman–Crippen MR) is 38.4 cm³/mol. The number of nitrogens with two attached hydrogens (primary N) is 1. The van der Waals surface area contributed by atoms with Crippen molar-refractivity contribution in [1.29, 1.82) is 0 Å². The molecule has 0 aromatic carbocycles. The highest BCUT2D eigenvalue weighted by molar-refractivity contribution is 4.48. The van der Waals surface area contributed by atoms with Crippen LogP contribution in [0.1, 0.15) is 0 Å². The first-order valence-corrected chi connectivity index (χ1v) is 3.18. The number of nitrogens with zero attached hydrogens (tertiary/aromatic N) is 1. The number of methoxy groups -OCH3 is 1. The molecule has 0 aromatic heterocycles. The molecule has 0 aromatic rings. The molecule has 0 rings (SSSR count). The van der Waals surface area contributed by atoms with Gasteiger partial charge in [-0.3, -0.25) is 0 Å². The fraction of sp³-hybridized carbons (Fsp3) is 1.00. The van der Waals surface area contributed by atoms with Crippen molar-refractivity contribution in [2.45, 2.75) is 0 Å². The summed E-state index contributed by atoms with van der Waals surface area (Å²) in [7, 11) is 3.74. The molecule has 0 radical (unpaired) electrons. The third-order valence-electron chi connectivity index (χ3n) is 1.19. The molecular weight excluding hydrogens is 116 g/mol. The van der Waals surface area contributed by atoms with E-state index in [1.807, 2.05) is 7.05 Å². The van der Waals surface area contributed by atoms with Crippen molar-refractivity contribution in [2.24, 2.45) is 5.73 Å². The average molecular weight is 132 g/mol. The van der Waals surface area contributed by atoms with Gasteiger partial charge in [0.1, 0.15) is 0 Å². The number of hydrogen-bond acceptors (Lipinski definition) is 3. The first-order valence-electron chi connectivity index (χ1n) is 3.18. The highest BCUT2D eigenvalue weighted by Crippen LogP contribution is 1.78. The molecule has 0 bridgehead atoms. The number of rotatable bonds is 5. The smallest absolute Gasteiger partial charge is 0.0589 e. The largest absolute Gasteiger partial charge is 0.383 e. The summed E-state index contributed by atoms with van der Waals surface area (Å²) < 4.78 is 4.88. The molecule has 0 atom stereocenters. The Morgan fingerprint density at radius 1 is 1.44 bits per heavy atom. The van der Waals surface area contributed by atoms with Crippen LogP contribution in [0.4, 0.5) is 0 Å². The van der Waals surface area contributed by atoms with Crippen LogP contribution in [0.15, 0.2) is 0 Å². The van der Waals surface area contributed by atoms with Gasteiger partial charge in [-0.2, -0.15) is 0 Å². The lowest BCUT2D eigenvalue weighted by atomic mass is 10.5. The van der Waals surface area contributed by atoms with Crippen molar-refractivity contribution in [2.75, 3.05) is 40.4 Å². The minimum absolute atomic E-state index is 0.722. The van der Waals surface area contributed by atoms with Gasteiger partial charge in [0.25, 0.3) is 0 Å². The Morgan fingerprint density at radius 2 is 2.11 bits per heavy atom. The lowest BCUT2D eigenvalue weighted by molar-refractivity contribution is 0.163. The van der Waals surface area contributed by atoms with Gasteiger partial charge in [-0.1, -0.05) is 0 Å². The van der Waals surface area contributed by atoms with E-state index in [0.717, 1.165) is 26.2 Å². The molecule has 0 aliphatic carbocycles. The van der Waals surface area contributed by atoms with Gasteiger partial charge in [-0.05, 0) is 7.05 Å². The molecule has 0 amide bonds. The Morgan fingerprint density at radius 3 is 2.56 bits per heavy atom. The molecular formula is C6H16N2O. The van der Waals surface area contributed by atoms with E-state index in [9.17, 15) is 0 Å². The van der Waals surface area contributed by atoms with Crippen LogP contribution in [0.25, 0.3) is 0 Å². The van der Waals surface area contributed by atoms with E-state index >= 15 is 0 Å². The summed E-state index contributed by atoms with van der Waals surface area (Å²) in [6.07, 6.45) is 0. The fourth-order valence-corrected chi connectivity index (χ4v) is 0.579. The van der Waals surface area contributed by atoms with Crippen LogP contribution in [0, 0.1) is 0 Å². The molecule has 0 aliphatic heterocycles. The van der Waals surface area contributed by atoms with Crippen LogP contribution < -0.4 is 5.73 Å². The van der Waals surface area contributed by atoms with Gasteiger partial charge in [0.05, 0.1) is 6.61 Å². The summed E-state index contributed by atoms with van der Waals surface area (Å²) >= 11 is 0. The van der Waals surface area contributed by atoms with Crippen LogP contribution in [0.3, 0.4) is 0 Å². The van der Waals surface area contributed by atoms with Crippen LogP contribution in [-0.4, -0.2) is 45.3 Å². The molecule has 2 N–H and O–H groups in total. The van der Waals surface area contributed by atoms with Gasteiger partial charge < -0.3 is 15.4 Å². The lowest BCUT2D eigenvalue weighted by Gasteiger charge is -2.13. The van der Waals surface area contributed by atoms with E-state index in [-0.39, 0.29) is 0 Å². The molecule has 56 valence electrons. The van der Waals surface area contributed by atoms with Crippen molar-refractivity contribution in [3.63, 3.8) is 0 Å². The molecule has 0 saturated carbocycles. The molecule has 0 heterocycles. The highest BCUT2D eigenvalue weighted by Gasteiger charge is 1.92. The molecule has 0 spiro atoms. The minimum atomic E-state index is 0.722. The molecule has 0 aliphatic rings. The lowest BCUT2D eigenvalue weighted by Crippen LogP contribution is -2.28. The van der Waals surface area contributed by atoms with E-state index in [1.54, 1.807) is 7.11 Å². The third kappa shape index (κ3) is 5.76. The van der Waals surface area contributed by atoms with Crippen LogP contribution in [0.5, 0.6) is 0 Å². The van der Waals surface area contributed by atoms with Crippen LogP contribution in [-0.2, 0) is 4.74 Å². The zero-order chi connectivity index (χ0) is 7.11. The summed E-state index contributed by atoms with van der Waals surface area (Å²) in [5.41, 5.74) is 5.32. The Labute approximate surface area is 56.8 Å². The quantitative estimate of drug-likeness (QED) is 0.549. The molecule has 3 heteroatoms. The zero-order valence-corrected chi connectivity index (χ0v) is 6.26. The Bertz CT molecular complexity index is 59.0. The maximum absolute atomic E-state index is 5.32. The zero-order valence-electron chi connectivity index (χ0n) is 6.26. The topological polar surface area (TPSA) is 38.5 Å². The van der Waals surface area contributed by atoms with Gasteiger partial charge >= 0.3 is 0 Å². The molecule has 0 unspecified atom stereocenters. The molecule has 9 heavy (non-hydrogen) atoms. The predicted octanol–water partition coefficient (Wildman–Crippen LogP) is -0.477. The average Bonchev–Trinajstić information content (AvgIpc) is 1.85. The maximum atomic E-state index is 5.32. The first-order chi connectivity index (χ1) is 4.31. The van der Waals surface area contributed by atoms with Gasteiger partial charge in [-0.15, -0.1) is 0 Å². The van der Waals surface area contributed by atoms with Crippen molar-refractivity contribution in [1.82, 2.24) is 4.90 Å². The van der Waals surface area contributed by atoms with Gasteiger partial charge in [0, 0.05) is 26.7 Å². The second kappa shape index (κ2) is 6.01. The summed E-state index contributed by atoms with van der Waals surface area (Å²) in [4.78, 5) is 2.14. The highest BCUT2D eigenvalue weighted by atomic mass is 16.5. The minimum Gasteiger partial charge on any atom is -0.383 e. The third-order valence-corrected chi connectivity index (χ3v) is 1.19. The Balaban J connectivity index is 2.95. The van der Waals surface area contributed by atoms with Crippen LogP contribution in [0.2, 0.25) is 0 Å². The Hall–Kier alpha value is -0.120.